The van der Waals surface area contributed by atoms with Gasteiger partial charge in [0.25, 0.3) is 0 Å². The number of nitrogens with one attached hydrogen (secondary N) is 1. The van der Waals surface area contributed by atoms with Crippen LogP contribution in [-0.4, -0.2) is 75.6 Å². The lowest BCUT2D eigenvalue weighted by atomic mass is 10.0. The molecule has 8 nitrogen and oxygen atoms in total. The minimum atomic E-state index is 0. The second kappa shape index (κ2) is 11.0. The van der Waals surface area contributed by atoms with Crippen LogP contribution >= 0.6 is 24.0 Å². The predicted octanol–water partition coefficient (Wildman–Crippen LogP) is 1.90. The number of likely N-dealkylation sites (tertiary alicyclic amines) is 1. The number of aromatic nitrogens is 4. The van der Waals surface area contributed by atoms with Crippen LogP contribution in [-0.2, 0) is 20.5 Å². The molecule has 1 aliphatic heterocycles. The molecule has 0 bridgehead atoms. The van der Waals surface area contributed by atoms with E-state index in [-0.39, 0.29) is 30.0 Å². The van der Waals surface area contributed by atoms with Crippen molar-refractivity contribution in [3.05, 3.63) is 35.9 Å². The maximum absolute atomic E-state index is 4.98. The molecule has 1 aliphatic rings. The summed E-state index contributed by atoms with van der Waals surface area (Å²) in [4.78, 5) is 9.60. The number of aliphatic imine (C=N–C) groups is 1. The molecular weight excluding hydrogens is 479 g/mol. The number of likely N-dealkylation sites (N-methyl/N-ethyl adjacent to an activating group) is 1. The van der Waals surface area contributed by atoms with Gasteiger partial charge in [-0.15, -0.1) is 24.0 Å². The monoisotopic (exact) mass is 514 g/mol. The molecule has 0 amide bonds. The molecule has 162 valence electrons. The summed E-state index contributed by atoms with van der Waals surface area (Å²) in [6, 6.07) is 0.219. The molecule has 1 fully saturated rings. The van der Waals surface area contributed by atoms with Gasteiger partial charge in [-0.25, -0.2) is 0 Å². The van der Waals surface area contributed by atoms with E-state index in [0.717, 1.165) is 32.0 Å². The third kappa shape index (κ3) is 6.43. The Kier molecular flexibility index (Phi) is 8.94. The summed E-state index contributed by atoms with van der Waals surface area (Å²) < 4.78 is 3.73. The molecule has 2 unspecified atom stereocenters. The number of hydrogen-bond acceptors (Lipinski definition) is 4. The Morgan fingerprint density at radius 2 is 1.97 bits per heavy atom. The van der Waals surface area contributed by atoms with Crippen LogP contribution in [0.2, 0.25) is 0 Å². The van der Waals surface area contributed by atoms with Crippen molar-refractivity contribution in [2.75, 3.05) is 40.3 Å². The van der Waals surface area contributed by atoms with Gasteiger partial charge in [-0.1, -0.05) is 0 Å². The zero-order chi connectivity index (χ0) is 20.1. The lowest BCUT2D eigenvalue weighted by Gasteiger charge is -2.25. The topological polar surface area (TPSA) is 66.5 Å². The Morgan fingerprint density at radius 1 is 1.24 bits per heavy atom. The molecule has 3 heterocycles. The van der Waals surface area contributed by atoms with Crippen molar-refractivity contribution in [1.29, 1.82) is 0 Å². The fourth-order valence-corrected chi connectivity index (χ4v) is 3.88. The predicted molar refractivity (Wildman–Crippen MR) is 128 cm³/mol. The normalized spacial score (nSPS) is 18.2. The van der Waals surface area contributed by atoms with E-state index in [1.54, 1.807) is 0 Å². The highest BCUT2D eigenvalue weighted by atomic mass is 127. The van der Waals surface area contributed by atoms with Gasteiger partial charge in [0, 0.05) is 51.7 Å². The van der Waals surface area contributed by atoms with Gasteiger partial charge < -0.3 is 15.1 Å². The van der Waals surface area contributed by atoms with Crippen molar-refractivity contribution in [1.82, 2.24) is 34.7 Å². The molecule has 3 rings (SSSR count). The van der Waals surface area contributed by atoms with E-state index in [0.29, 0.717) is 12.5 Å². The zero-order valence-electron chi connectivity index (χ0n) is 18.2. The van der Waals surface area contributed by atoms with E-state index in [1.165, 1.54) is 17.5 Å². The lowest BCUT2D eigenvalue weighted by Crippen LogP contribution is -2.40. The van der Waals surface area contributed by atoms with Crippen molar-refractivity contribution in [2.24, 2.45) is 25.0 Å². The molecule has 1 saturated heterocycles. The van der Waals surface area contributed by atoms with Crippen molar-refractivity contribution >= 4 is 29.9 Å². The van der Waals surface area contributed by atoms with Crippen LogP contribution in [0.1, 0.15) is 30.5 Å². The molecule has 0 aliphatic carbocycles. The number of nitrogens with zero attached hydrogens (tertiary/aromatic N) is 7. The van der Waals surface area contributed by atoms with E-state index >= 15 is 0 Å². The van der Waals surface area contributed by atoms with Gasteiger partial charge in [-0.2, -0.15) is 10.2 Å². The average molecular weight is 514 g/mol. The minimum absolute atomic E-state index is 0. The van der Waals surface area contributed by atoms with Gasteiger partial charge >= 0.3 is 0 Å². The molecule has 2 aromatic heterocycles. The summed E-state index contributed by atoms with van der Waals surface area (Å²) in [6.07, 6.45) is 10.4. The standard InChI is InChI=1S/C20H34N8.HI/c1-6-21-20(22-12-19(25(2)3)18-11-24-27(5)15-18)28-8-7-16(14-28)9-17-10-23-26(4)13-17;/h10-11,13,15-16,19H,6-9,12,14H2,1-5H3,(H,21,22);1H. The van der Waals surface area contributed by atoms with Gasteiger partial charge in [0.15, 0.2) is 5.96 Å². The van der Waals surface area contributed by atoms with Gasteiger partial charge in [0.2, 0.25) is 0 Å². The van der Waals surface area contributed by atoms with Crippen LogP contribution in [0.15, 0.2) is 29.8 Å². The lowest BCUT2D eigenvalue weighted by molar-refractivity contribution is 0.305. The fourth-order valence-electron chi connectivity index (χ4n) is 3.88. The quantitative estimate of drug-likeness (QED) is 0.348. The van der Waals surface area contributed by atoms with Crippen LogP contribution in [0.3, 0.4) is 0 Å². The van der Waals surface area contributed by atoms with Gasteiger partial charge in [-0.05, 0) is 45.3 Å². The minimum Gasteiger partial charge on any atom is -0.357 e. The highest BCUT2D eigenvalue weighted by Crippen LogP contribution is 2.22. The fraction of sp³-hybridized carbons (Fsp3) is 0.650. The smallest absolute Gasteiger partial charge is 0.193 e. The molecule has 0 saturated carbocycles. The summed E-state index contributed by atoms with van der Waals surface area (Å²) in [7, 11) is 8.12. The summed E-state index contributed by atoms with van der Waals surface area (Å²) in [5.74, 6) is 1.67. The summed E-state index contributed by atoms with van der Waals surface area (Å²) in [5, 5.41) is 12.1. The van der Waals surface area contributed by atoms with E-state index in [4.69, 9.17) is 4.99 Å². The number of halogens is 1. The van der Waals surface area contributed by atoms with Crippen LogP contribution < -0.4 is 5.32 Å². The Bertz CT molecular complexity index is 781. The molecule has 0 radical (unpaired) electrons. The summed E-state index contributed by atoms with van der Waals surface area (Å²) >= 11 is 0. The third-order valence-corrected chi connectivity index (χ3v) is 5.35. The summed E-state index contributed by atoms with van der Waals surface area (Å²) in [6.45, 7) is 5.81. The van der Waals surface area contributed by atoms with E-state index in [9.17, 15) is 0 Å². The second-order valence-corrected chi connectivity index (χ2v) is 7.95. The molecular formula is C20H35IN8. The highest BCUT2D eigenvalue weighted by molar-refractivity contribution is 14.0. The highest BCUT2D eigenvalue weighted by Gasteiger charge is 2.26. The van der Waals surface area contributed by atoms with Gasteiger partial charge in [0.05, 0.1) is 25.0 Å². The Labute approximate surface area is 191 Å². The summed E-state index contributed by atoms with van der Waals surface area (Å²) in [5.41, 5.74) is 2.52. The Hall–Kier alpha value is -1.62. The average Bonchev–Trinajstić information content (AvgIpc) is 3.37. The van der Waals surface area contributed by atoms with E-state index in [1.807, 2.05) is 35.9 Å². The van der Waals surface area contributed by atoms with Crippen molar-refractivity contribution in [3.8, 4) is 0 Å². The first kappa shape index (κ1) is 23.7. The molecule has 2 atom stereocenters. The van der Waals surface area contributed by atoms with Crippen molar-refractivity contribution in [2.45, 2.75) is 25.8 Å². The SMILES string of the molecule is CCNC(=NCC(c1cnn(C)c1)N(C)C)N1CCC(Cc2cnn(C)c2)C1.I. The molecule has 0 aromatic carbocycles. The number of hydrogen-bond donors (Lipinski definition) is 1. The molecule has 1 N–H and O–H groups in total. The number of aryl methyl sites for hydroxylation is 2. The zero-order valence-corrected chi connectivity index (χ0v) is 20.6. The van der Waals surface area contributed by atoms with Crippen molar-refractivity contribution in [3.63, 3.8) is 0 Å². The second-order valence-electron chi connectivity index (χ2n) is 7.95. The van der Waals surface area contributed by atoms with Gasteiger partial charge in [-0.3, -0.25) is 14.4 Å². The molecule has 2 aromatic rings. The Morgan fingerprint density at radius 3 is 2.55 bits per heavy atom. The molecule has 29 heavy (non-hydrogen) atoms. The van der Waals surface area contributed by atoms with Crippen LogP contribution in [0, 0.1) is 5.92 Å². The molecule has 9 heteroatoms. The first-order valence-electron chi connectivity index (χ1n) is 10.1. The van der Waals surface area contributed by atoms with Gasteiger partial charge in [0.1, 0.15) is 0 Å². The van der Waals surface area contributed by atoms with Crippen LogP contribution in [0.4, 0.5) is 0 Å². The van der Waals surface area contributed by atoms with E-state index < -0.39 is 0 Å². The maximum Gasteiger partial charge on any atom is 0.193 e. The first-order valence-corrected chi connectivity index (χ1v) is 10.1. The largest absolute Gasteiger partial charge is 0.357 e. The Balaban J connectivity index is 0.00000300. The number of guanidine groups is 1. The van der Waals surface area contributed by atoms with E-state index in [2.05, 4.69) is 58.7 Å². The molecule has 0 spiro atoms. The first-order chi connectivity index (χ1) is 13.5. The third-order valence-electron chi connectivity index (χ3n) is 5.35. The van der Waals surface area contributed by atoms with Crippen LogP contribution in [0.5, 0.6) is 0 Å². The maximum atomic E-state index is 4.98. The van der Waals surface area contributed by atoms with Crippen LogP contribution in [0.25, 0.3) is 0 Å². The van der Waals surface area contributed by atoms with Crippen molar-refractivity contribution < 1.29 is 0 Å². The number of rotatable bonds is 7.